The molecule has 0 bridgehead atoms. The van der Waals surface area contributed by atoms with Crippen LogP contribution in [0.25, 0.3) is 6.08 Å². The quantitative estimate of drug-likeness (QED) is 0.524. The molecule has 0 N–H and O–H groups in total. The number of hydrogen-bond acceptors (Lipinski definition) is 3. The van der Waals surface area contributed by atoms with Gasteiger partial charge in [0.2, 0.25) is 0 Å². The Morgan fingerprint density at radius 3 is 2.50 bits per heavy atom. The van der Waals surface area contributed by atoms with Gasteiger partial charge in [0.25, 0.3) is 0 Å². The molecule has 4 heteroatoms. The van der Waals surface area contributed by atoms with Crippen LogP contribution in [-0.2, 0) is 19.4 Å². The van der Waals surface area contributed by atoms with Gasteiger partial charge in [-0.3, -0.25) is 0 Å². The average Bonchev–Trinajstić information content (AvgIpc) is 2.34. The van der Waals surface area contributed by atoms with Crippen LogP contribution in [0.15, 0.2) is 40.0 Å². The van der Waals surface area contributed by atoms with E-state index in [4.69, 9.17) is 4.74 Å². The summed E-state index contributed by atoms with van der Waals surface area (Å²) in [4.78, 5) is 22.7. The molecule has 0 heterocycles. The summed E-state index contributed by atoms with van der Waals surface area (Å²) in [5.41, 5.74) is 0.0468. The summed E-state index contributed by atoms with van der Waals surface area (Å²) < 4.78 is 7.26. The van der Waals surface area contributed by atoms with Crippen LogP contribution in [0.3, 0.4) is 0 Å². The van der Waals surface area contributed by atoms with Gasteiger partial charge in [0.05, 0.1) is 0 Å². The van der Waals surface area contributed by atoms with Crippen molar-refractivity contribution in [2.75, 3.05) is 0 Å². The fourth-order valence-corrected chi connectivity index (χ4v) is 1.58. The molecule has 0 atom stereocenters. The molecule has 3 nitrogen and oxygen atoms in total. The van der Waals surface area contributed by atoms with E-state index in [-0.39, 0.29) is 11.9 Å². The number of allylic oxidation sites excluding steroid dienone is 4. The first-order chi connectivity index (χ1) is 8.47. The molecule has 0 aliphatic rings. The minimum atomic E-state index is -0.546. The van der Waals surface area contributed by atoms with Crippen molar-refractivity contribution in [3.8, 4) is 5.75 Å². The van der Waals surface area contributed by atoms with Crippen molar-refractivity contribution in [1.82, 2.24) is 0 Å². The van der Waals surface area contributed by atoms with E-state index in [2.05, 4.69) is 6.58 Å². The average molecular weight is 414 g/mol. The maximum absolute atomic E-state index is 11.4. The first kappa shape index (κ1) is 14.7. The van der Waals surface area contributed by atoms with Crippen LogP contribution in [-0.4, -0.2) is 10.5 Å². The maximum atomic E-state index is 11.4. The van der Waals surface area contributed by atoms with Crippen molar-refractivity contribution in [1.29, 1.82) is 0 Å². The van der Waals surface area contributed by atoms with E-state index in [9.17, 15) is 9.59 Å². The third-order valence-electron chi connectivity index (χ3n) is 2.11. The minimum absolute atomic E-state index is 0.124. The second-order valence-corrected chi connectivity index (χ2v) is 4.95. The molecule has 1 aromatic rings. The monoisotopic (exact) mass is 414 g/mol. The van der Waals surface area contributed by atoms with Gasteiger partial charge in [-0.1, -0.05) is 0 Å². The Balaban J connectivity index is 2.89. The molecule has 0 aliphatic heterocycles. The first-order valence-electron chi connectivity index (χ1n) is 5.46. The van der Waals surface area contributed by atoms with Gasteiger partial charge < -0.3 is 0 Å². The Hall–Kier alpha value is -1.34. The van der Waals surface area contributed by atoms with E-state index in [1.807, 2.05) is 30.4 Å². The molecule has 0 amide bonds. The Bertz CT molecular complexity index is 584. The molecular formula is C14H14O3W. The van der Waals surface area contributed by atoms with E-state index in [1.54, 1.807) is 12.2 Å². The molecule has 94 valence electrons. The summed E-state index contributed by atoms with van der Waals surface area (Å²) in [5, 5.41) is 0. The summed E-state index contributed by atoms with van der Waals surface area (Å²) in [6.07, 6.45) is 6.87. The van der Waals surface area contributed by atoms with Crippen molar-refractivity contribution in [3.05, 3.63) is 56.4 Å². The number of rotatable bonds is 6. The SMILES string of the molecule is C=C(/C=C\[CH]=[W])/C=C/c1c(OC(C)C)c(=O)c1=O. The van der Waals surface area contributed by atoms with E-state index in [1.165, 1.54) is 19.4 Å². The number of ether oxygens (including phenoxy) is 1. The molecule has 0 saturated heterocycles. The first-order valence-corrected chi connectivity index (χ1v) is 7.15. The molecule has 0 fully saturated rings. The van der Waals surface area contributed by atoms with Crippen LogP contribution < -0.4 is 15.6 Å². The fourth-order valence-electron chi connectivity index (χ4n) is 1.30. The molecule has 18 heavy (non-hydrogen) atoms. The van der Waals surface area contributed by atoms with Crippen LogP contribution in [0.1, 0.15) is 19.4 Å². The summed E-state index contributed by atoms with van der Waals surface area (Å²) in [5.74, 6) is 0.162. The van der Waals surface area contributed by atoms with Crippen molar-refractivity contribution >= 4 is 10.5 Å². The molecule has 1 aromatic carbocycles. The van der Waals surface area contributed by atoms with Gasteiger partial charge in [-0.05, 0) is 0 Å². The second-order valence-electron chi connectivity index (χ2n) is 3.97. The van der Waals surface area contributed by atoms with Crippen LogP contribution in [0.4, 0.5) is 0 Å². The van der Waals surface area contributed by atoms with Crippen LogP contribution in [0, 0.1) is 0 Å². The van der Waals surface area contributed by atoms with Crippen LogP contribution in [0.2, 0.25) is 0 Å². The molecular weight excluding hydrogens is 400 g/mol. The molecule has 0 saturated carbocycles. The summed E-state index contributed by atoms with van der Waals surface area (Å²) in [6, 6.07) is 0. The molecule has 0 aromatic heterocycles. The Labute approximate surface area is 117 Å². The van der Waals surface area contributed by atoms with Gasteiger partial charge in [0, 0.05) is 0 Å². The summed E-state index contributed by atoms with van der Waals surface area (Å²) in [7, 11) is 0. The zero-order valence-corrected chi connectivity index (χ0v) is 13.2. The van der Waals surface area contributed by atoms with Crippen molar-refractivity contribution in [2.24, 2.45) is 0 Å². The molecule has 0 spiro atoms. The Morgan fingerprint density at radius 2 is 1.94 bits per heavy atom. The molecule has 0 unspecified atom stereocenters. The second kappa shape index (κ2) is 6.55. The van der Waals surface area contributed by atoms with Gasteiger partial charge in [-0.2, -0.15) is 0 Å². The van der Waals surface area contributed by atoms with Gasteiger partial charge in [-0.15, -0.1) is 0 Å². The zero-order valence-electron chi connectivity index (χ0n) is 10.3. The normalized spacial score (nSPS) is 11.7. The van der Waals surface area contributed by atoms with Crippen LogP contribution in [0.5, 0.6) is 5.75 Å². The topological polar surface area (TPSA) is 43.4 Å². The molecule has 0 aliphatic carbocycles. The molecule has 1 rings (SSSR count). The van der Waals surface area contributed by atoms with Gasteiger partial charge in [0.15, 0.2) is 0 Å². The van der Waals surface area contributed by atoms with E-state index in [0.29, 0.717) is 5.56 Å². The van der Waals surface area contributed by atoms with Crippen molar-refractivity contribution < 1.29 is 24.1 Å². The third kappa shape index (κ3) is 3.57. The van der Waals surface area contributed by atoms with Gasteiger partial charge in [-0.25, -0.2) is 0 Å². The predicted molar refractivity (Wildman–Crippen MR) is 70.5 cm³/mol. The van der Waals surface area contributed by atoms with Crippen LogP contribution >= 0.6 is 0 Å². The van der Waals surface area contributed by atoms with Crippen molar-refractivity contribution in [3.63, 3.8) is 0 Å². The van der Waals surface area contributed by atoms with E-state index < -0.39 is 10.9 Å². The Morgan fingerprint density at radius 1 is 1.28 bits per heavy atom. The van der Waals surface area contributed by atoms with Crippen molar-refractivity contribution in [2.45, 2.75) is 20.0 Å². The molecule has 0 radical (unpaired) electrons. The predicted octanol–water partition coefficient (Wildman–Crippen LogP) is 1.54. The standard InChI is InChI=1S/C14H14O3.W/c1-5-6-10(4)7-8-11-12(15)13(16)14(11)17-9(2)3;/h1,5-9H,4H2,2-3H3;/b6-5-,8-7+;. The zero-order chi connectivity index (χ0) is 13.7. The summed E-state index contributed by atoms with van der Waals surface area (Å²) >= 11 is 1.35. The van der Waals surface area contributed by atoms with E-state index in [0.717, 1.165) is 5.57 Å². The summed E-state index contributed by atoms with van der Waals surface area (Å²) in [6.45, 7) is 7.43. The fraction of sp³-hybridized carbons (Fsp3) is 0.214. The van der Waals surface area contributed by atoms with E-state index >= 15 is 0 Å². The van der Waals surface area contributed by atoms with Gasteiger partial charge >= 0.3 is 117 Å². The van der Waals surface area contributed by atoms with Gasteiger partial charge in [0.1, 0.15) is 0 Å². The third-order valence-corrected chi connectivity index (χ3v) is 2.67. The Kier molecular flexibility index (Phi) is 5.36. The number of hydrogen-bond donors (Lipinski definition) is 0.